The van der Waals surface area contributed by atoms with Crippen LogP contribution in [0.4, 0.5) is 11.4 Å². The molecule has 0 atom stereocenters. The van der Waals surface area contributed by atoms with E-state index in [1.165, 1.54) is 39.4 Å². The van der Waals surface area contributed by atoms with Gasteiger partial charge in [0.25, 0.3) is 5.69 Å². The normalized spacial score (nSPS) is 15.4. The van der Waals surface area contributed by atoms with Crippen LogP contribution < -0.4 is 5.32 Å². The number of fused-ring (bicyclic) bond motifs is 1. The minimum absolute atomic E-state index is 0.0916. The molecule has 0 bridgehead atoms. The quantitative estimate of drug-likeness (QED) is 0.447. The highest BCUT2D eigenvalue weighted by Gasteiger charge is 2.25. The standard InChI is InChI=1S/C21H23N5O5S/c27-21(15-25-20-13-18(26(28)29)9-8-16(20)14-22-25)23-17-6-5-7-19(12-17)32(30,31)24-10-3-1-2-4-11-24/h5-9,12-14H,1-4,10-11,15H2,(H,23,27). The van der Waals surface area contributed by atoms with Gasteiger partial charge < -0.3 is 5.32 Å². The minimum Gasteiger partial charge on any atom is -0.324 e. The van der Waals surface area contributed by atoms with Crippen molar-refractivity contribution in [1.29, 1.82) is 0 Å². The SMILES string of the molecule is O=C(Cn1ncc2ccc([N+](=O)[O-])cc21)Nc1cccc(S(=O)(=O)N2CCCCCC2)c1. The Labute approximate surface area is 185 Å². The van der Waals surface area contributed by atoms with Gasteiger partial charge in [0.2, 0.25) is 15.9 Å². The van der Waals surface area contributed by atoms with Crippen LogP contribution in [0.3, 0.4) is 0 Å². The average Bonchev–Trinajstić information content (AvgIpc) is 2.97. The van der Waals surface area contributed by atoms with Gasteiger partial charge in [-0.15, -0.1) is 0 Å². The topological polar surface area (TPSA) is 127 Å². The molecule has 3 aromatic rings. The molecule has 168 valence electrons. The molecule has 1 aliphatic heterocycles. The summed E-state index contributed by atoms with van der Waals surface area (Å²) in [6.07, 6.45) is 5.25. The van der Waals surface area contributed by atoms with Crippen molar-refractivity contribution in [3.63, 3.8) is 0 Å². The van der Waals surface area contributed by atoms with Crippen LogP contribution in [0.5, 0.6) is 0 Å². The van der Waals surface area contributed by atoms with E-state index < -0.39 is 20.9 Å². The van der Waals surface area contributed by atoms with Gasteiger partial charge >= 0.3 is 0 Å². The van der Waals surface area contributed by atoms with E-state index in [4.69, 9.17) is 0 Å². The number of benzene rings is 2. The Hall–Kier alpha value is -3.31. The second-order valence-corrected chi connectivity index (χ2v) is 9.63. The molecule has 1 saturated heterocycles. The number of hydrogen-bond acceptors (Lipinski definition) is 6. The predicted octanol–water partition coefficient (Wildman–Crippen LogP) is 3.15. The first-order valence-electron chi connectivity index (χ1n) is 10.3. The van der Waals surface area contributed by atoms with E-state index in [0.29, 0.717) is 29.7 Å². The van der Waals surface area contributed by atoms with Gasteiger partial charge in [0.05, 0.1) is 21.5 Å². The molecule has 1 aromatic heterocycles. The number of aromatic nitrogens is 2. The van der Waals surface area contributed by atoms with E-state index in [1.807, 2.05) is 0 Å². The molecule has 11 heteroatoms. The molecule has 4 rings (SSSR count). The Morgan fingerprint density at radius 2 is 1.84 bits per heavy atom. The van der Waals surface area contributed by atoms with Gasteiger partial charge in [0.1, 0.15) is 6.54 Å². The number of non-ortho nitro benzene ring substituents is 1. The second kappa shape index (κ2) is 9.05. The van der Waals surface area contributed by atoms with Crippen molar-refractivity contribution < 1.29 is 18.1 Å². The smallest absolute Gasteiger partial charge is 0.271 e. The van der Waals surface area contributed by atoms with Gasteiger partial charge in [0.15, 0.2) is 0 Å². The molecule has 0 aliphatic carbocycles. The lowest BCUT2D eigenvalue weighted by atomic mass is 10.2. The summed E-state index contributed by atoms with van der Waals surface area (Å²) in [6.45, 7) is 0.822. The molecule has 32 heavy (non-hydrogen) atoms. The molecule has 1 N–H and O–H groups in total. The first-order chi connectivity index (χ1) is 15.3. The zero-order valence-electron chi connectivity index (χ0n) is 17.3. The van der Waals surface area contributed by atoms with Gasteiger partial charge in [-0.2, -0.15) is 9.40 Å². The van der Waals surface area contributed by atoms with Crippen molar-refractivity contribution in [2.24, 2.45) is 0 Å². The molecule has 1 aliphatic rings. The van der Waals surface area contributed by atoms with Gasteiger partial charge in [-0.25, -0.2) is 8.42 Å². The Morgan fingerprint density at radius 3 is 2.56 bits per heavy atom. The molecule has 2 heterocycles. The fourth-order valence-electron chi connectivity index (χ4n) is 3.80. The molecule has 10 nitrogen and oxygen atoms in total. The van der Waals surface area contributed by atoms with Crippen LogP contribution in [0.25, 0.3) is 10.9 Å². The molecular weight excluding hydrogens is 434 g/mol. The number of nitro groups is 1. The lowest BCUT2D eigenvalue weighted by molar-refractivity contribution is -0.384. The van der Waals surface area contributed by atoms with Crippen molar-refractivity contribution in [2.75, 3.05) is 18.4 Å². The first kappa shape index (κ1) is 21.9. The maximum Gasteiger partial charge on any atom is 0.271 e. The van der Waals surface area contributed by atoms with E-state index >= 15 is 0 Å². The van der Waals surface area contributed by atoms with Crippen LogP contribution >= 0.6 is 0 Å². The number of nitrogens with one attached hydrogen (secondary N) is 1. The van der Waals surface area contributed by atoms with Crippen molar-refractivity contribution >= 4 is 38.2 Å². The molecule has 2 aromatic carbocycles. The summed E-state index contributed by atoms with van der Waals surface area (Å²) in [5.74, 6) is -0.425. The Kier molecular flexibility index (Phi) is 6.19. The zero-order chi connectivity index (χ0) is 22.7. The van der Waals surface area contributed by atoms with E-state index in [2.05, 4.69) is 10.4 Å². The number of rotatable bonds is 6. The molecule has 0 saturated carbocycles. The summed E-state index contributed by atoms with van der Waals surface area (Å²) in [5, 5.41) is 18.5. The van der Waals surface area contributed by atoms with E-state index in [1.54, 1.807) is 18.2 Å². The third kappa shape index (κ3) is 4.63. The molecular formula is C21H23N5O5S. The van der Waals surface area contributed by atoms with Crippen LogP contribution in [-0.4, -0.2) is 46.4 Å². The summed E-state index contributed by atoms with van der Waals surface area (Å²) in [6, 6.07) is 10.5. The molecule has 0 radical (unpaired) electrons. The van der Waals surface area contributed by atoms with Crippen molar-refractivity contribution in [1.82, 2.24) is 14.1 Å². The van der Waals surface area contributed by atoms with Crippen molar-refractivity contribution in [3.05, 3.63) is 58.8 Å². The minimum atomic E-state index is -3.63. The summed E-state index contributed by atoms with van der Waals surface area (Å²) < 4.78 is 28.9. The molecule has 0 unspecified atom stereocenters. The van der Waals surface area contributed by atoms with Gasteiger partial charge in [-0.3, -0.25) is 19.6 Å². The monoisotopic (exact) mass is 457 g/mol. The van der Waals surface area contributed by atoms with Crippen LogP contribution in [-0.2, 0) is 21.4 Å². The number of carbonyl (C=O) groups excluding carboxylic acids is 1. The largest absolute Gasteiger partial charge is 0.324 e. The van der Waals surface area contributed by atoms with E-state index in [-0.39, 0.29) is 17.1 Å². The van der Waals surface area contributed by atoms with Gasteiger partial charge in [-0.1, -0.05) is 18.9 Å². The van der Waals surface area contributed by atoms with Gasteiger partial charge in [-0.05, 0) is 37.1 Å². The van der Waals surface area contributed by atoms with Crippen molar-refractivity contribution in [3.8, 4) is 0 Å². The maximum absolute atomic E-state index is 13.0. The summed E-state index contributed by atoms with van der Waals surface area (Å²) in [4.78, 5) is 23.2. The van der Waals surface area contributed by atoms with Crippen LogP contribution in [0, 0.1) is 10.1 Å². The van der Waals surface area contributed by atoms with Gasteiger partial charge in [0, 0.05) is 36.3 Å². The third-order valence-corrected chi connectivity index (χ3v) is 7.35. The second-order valence-electron chi connectivity index (χ2n) is 7.70. The Balaban J connectivity index is 1.50. The molecule has 1 amide bonds. The third-order valence-electron chi connectivity index (χ3n) is 5.45. The number of amides is 1. The first-order valence-corrected chi connectivity index (χ1v) is 11.8. The summed E-state index contributed by atoms with van der Waals surface area (Å²) in [7, 11) is -3.63. The number of anilines is 1. The van der Waals surface area contributed by atoms with Crippen LogP contribution in [0.15, 0.2) is 53.6 Å². The van der Waals surface area contributed by atoms with E-state index in [0.717, 1.165) is 25.7 Å². The zero-order valence-corrected chi connectivity index (χ0v) is 18.1. The fourth-order valence-corrected chi connectivity index (χ4v) is 5.36. The lowest BCUT2D eigenvalue weighted by Crippen LogP contribution is -2.32. The van der Waals surface area contributed by atoms with Crippen LogP contribution in [0.2, 0.25) is 0 Å². The van der Waals surface area contributed by atoms with Crippen LogP contribution in [0.1, 0.15) is 25.7 Å². The number of carbonyl (C=O) groups is 1. The number of nitrogens with zero attached hydrogens (tertiary/aromatic N) is 4. The maximum atomic E-state index is 13.0. The average molecular weight is 458 g/mol. The predicted molar refractivity (Wildman–Crippen MR) is 119 cm³/mol. The lowest BCUT2D eigenvalue weighted by Gasteiger charge is -2.20. The molecule has 0 spiro atoms. The van der Waals surface area contributed by atoms with Crippen molar-refractivity contribution in [2.45, 2.75) is 37.1 Å². The fraction of sp³-hybridized carbons (Fsp3) is 0.333. The summed E-state index contributed by atoms with van der Waals surface area (Å²) in [5.41, 5.74) is 0.728. The Morgan fingerprint density at radius 1 is 1.09 bits per heavy atom. The number of nitro benzene ring substituents is 1. The highest BCUT2D eigenvalue weighted by atomic mass is 32.2. The molecule has 1 fully saturated rings. The number of sulfonamides is 1. The highest BCUT2D eigenvalue weighted by molar-refractivity contribution is 7.89. The highest BCUT2D eigenvalue weighted by Crippen LogP contribution is 2.23. The number of hydrogen-bond donors (Lipinski definition) is 1. The Bertz CT molecular complexity index is 1260. The van der Waals surface area contributed by atoms with E-state index in [9.17, 15) is 23.3 Å². The summed E-state index contributed by atoms with van der Waals surface area (Å²) >= 11 is 0.